The standard InChI is InChI=1S/C17H33N3O2/c1-16(2,3)21-11-9-17(4,5)22-10-7-6-8-14-12-15(13-18)20-19-14/h12H,6-11,13,18H2,1-5H3,(H,19,20). The van der Waals surface area contributed by atoms with E-state index in [4.69, 9.17) is 15.2 Å². The van der Waals surface area contributed by atoms with E-state index in [-0.39, 0.29) is 11.2 Å². The molecule has 128 valence electrons. The summed E-state index contributed by atoms with van der Waals surface area (Å²) in [4.78, 5) is 0. The maximum atomic E-state index is 5.98. The molecular formula is C17H33N3O2. The van der Waals surface area contributed by atoms with E-state index in [9.17, 15) is 0 Å². The lowest BCUT2D eigenvalue weighted by Crippen LogP contribution is -2.29. The van der Waals surface area contributed by atoms with Gasteiger partial charge in [0, 0.05) is 25.5 Å². The van der Waals surface area contributed by atoms with E-state index in [1.165, 1.54) is 0 Å². The molecule has 0 spiro atoms. The first-order valence-electron chi connectivity index (χ1n) is 8.23. The normalized spacial score (nSPS) is 12.8. The zero-order valence-corrected chi connectivity index (χ0v) is 14.9. The number of nitrogens with two attached hydrogens (primary N) is 1. The number of aryl methyl sites for hydroxylation is 1. The van der Waals surface area contributed by atoms with Crippen molar-refractivity contribution in [2.75, 3.05) is 13.2 Å². The molecule has 3 N–H and O–H groups in total. The third-order valence-corrected chi connectivity index (χ3v) is 3.46. The quantitative estimate of drug-likeness (QED) is 0.651. The second-order valence-corrected chi connectivity index (χ2v) is 7.36. The van der Waals surface area contributed by atoms with Gasteiger partial charge >= 0.3 is 0 Å². The first kappa shape index (κ1) is 19.1. The molecule has 0 amide bonds. The van der Waals surface area contributed by atoms with Crippen LogP contribution in [0.4, 0.5) is 0 Å². The monoisotopic (exact) mass is 311 g/mol. The molecule has 0 bridgehead atoms. The Morgan fingerprint density at radius 3 is 2.41 bits per heavy atom. The molecule has 0 aliphatic carbocycles. The molecule has 0 aromatic carbocycles. The summed E-state index contributed by atoms with van der Waals surface area (Å²) in [5.74, 6) is 0. The fourth-order valence-corrected chi connectivity index (χ4v) is 2.07. The summed E-state index contributed by atoms with van der Waals surface area (Å²) in [6.45, 7) is 12.5. The van der Waals surface area contributed by atoms with Gasteiger partial charge in [0.1, 0.15) is 0 Å². The predicted molar refractivity (Wildman–Crippen MR) is 89.8 cm³/mol. The van der Waals surface area contributed by atoms with Crippen LogP contribution in [0.3, 0.4) is 0 Å². The van der Waals surface area contributed by atoms with Gasteiger partial charge in [-0.25, -0.2) is 0 Å². The minimum absolute atomic E-state index is 0.0813. The lowest BCUT2D eigenvalue weighted by molar-refractivity contribution is -0.0671. The Balaban J connectivity index is 2.11. The Bertz CT molecular complexity index is 422. The van der Waals surface area contributed by atoms with Crippen LogP contribution >= 0.6 is 0 Å². The van der Waals surface area contributed by atoms with Gasteiger partial charge in [0.15, 0.2) is 0 Å². The number of H-pyrrole nitrogens is 1. The van der Waals surface area contributed by atoms with E-state index in [1.54, 1.807) is 0 Å². The van der Waals surface area contributed by atoms with Crippen LogP contribution in [0.2, 0.25) is 0 Å². The van der Waals surface area contributed by atoms with Gasteiger partial charge < -0.3 is 15.2 Å². The van der Waals surface area contributed by atoms with Crippen molar-refractivity contribution in [2.45, 2.75) is 78.0 Å². The molecule has 1 aromatic heterocycles. The number of hydrogen-bond acceptors (Lipinski definition) is 4. The third-order valence-electron chi connectivity index (χ3n) is 3.46. The highest BCUT2D eigenvalue weighted by molar-refractivity contribution is 5.08. The van der Waals surface area contributed by atoms with Crippen molar-refractivity contribution in [3.8, 4) is 0 Å². The van der Waals surface area contributed by atoms with Gasteiger partial charge in [-0.1, -0.05) is 0 Å². The summed E-state index contributed by atoms with van der Waals surface area (Å²) in [5, 5.41) is 7.17. The summed E-state index contributed by atoms with van der Waals surface area (Å²) in [6, 6.07) is 2.04. The molecule has 0 aliphatic rings. The molecule has 0 aliphatic heterocycles. The van der Waals surface area contributed by atoms with Crippen molar-refractivity contribution in [3.05, 3.63) is 17.5 Å². The Morgan fingerprint density at radius 2 is 1.82 bits per heavy atom. The molecule has 0 atom stereocenters. The minimum Gasteiger partial charge on any atom is -0.376 e. The molecule has 1 rings (SSSR count). The Labute approximate surface area is 135 Å². The molecule has 0 saturated carbocycles. The summed E-state index contributed by atoms with van der Waals surface area (Å²) < 4.78 is 11.7. The summed E-state index contributed by atoms with van der Waals surface area (Å²) in [5.41, 5.74) is 7.41. The number of nitrogens with one attached hydrogen (secondary N) is 1. The highest BCUT2D eigenvalue weighted by Crippen LogP contribution is 2.17. The molecule has 22 heavy (non-hydrogen) atoms. The number of unbranched alkanes of at least 4 members (excludes halogenated alkanes) is 1. The van der Waals surface area contributed by atoms with E-state index < -0.39 is 0 Å². The maximum Gasteiger partial charge on any atom is 0.0648 e. The number of aromatic nitrogens is 2. The maximum absolute atomic E-state index is 5.98. The van der Waals surface area contributed by atoms with Gasteiger partial charge in [-0.2, -0.15) is 5.10 Å². The topological polar surface area (TPSA) is 73.2 Å². The van der Waals surface area contributed by atoms with Gasteiger partial charge in [-0.3, -0.25) is 5.10 Å². The molecule has 1 aromatic rings. The van der Waals surface area contributed by atoms with Crippen LogP contribution < -0.4 is 5.73 Å². The van der Waals surface area contributed by atoms with Gasteiger partial charge in [0.25, 0.3) is 0 Å². The second-order valence-electron chi connectivity index (χ2n) is 7.36. The Kier molecular flexibility index (Phi) is 7.53. The van der Waals surface area contributed by atoms with Gasteiger partial charge in [0.05, 0.1) is 16.9 Å². The van der Waals surface area contributed by atoms with Crippen molar-refractivity contribution in [1.82, 2.24) is 10.2 Å². The summed E-state index contributed by atoms with van der Waals surface area (Å²) in [6.07, 6.45) is 3.98. The first-order valence-corrected chi connectivity index (χ1v) is 8.23. The Morgan fingerprint density at radius 1 is 1.09 bits per heavy atom. The van der Waals surface area contributed by atoms with Crippen LogP contribution in [-0.2, 0) is 22.4 Å². The van der Waals surface area contributed by atoms with Crippen LogP contribution in [-0.4, -0.2) is 34.6 Å². The molecule has 0 fully saturated rings. The van der Waals surface area contributed by atoms with Crippen LogP contribution in [0.15, 0.2) is 6.07 Å². The first-order chi connectivity index (χ1) is 10.2. The number of hydrogen-bond donors (Lipinski definition) is 2. The number of aromatic amines is 1. The smallest absolute Gasteiger partial charge is 0.0648 e. The van der Waals surface area contributed by atoms with Crippen molar-refractivity contribution in [2.24, 2.45) is 5.73 Å². The van der Waals surface area contributed by atoms with E-state index in [0.29, 0.717) is 6.54 Å². The van der Waals surface area contributed by atoms with Gasteiger partial charge in [0.2, 0.25) is 0 Å². The third kappa shape index (κ3) is 8.51. The van der Waals surface area contributed by atoms with Crippen molar-refractivity contribution in [1.29, 1.82) is 0 Å². The molecule has 0 saturated heterocycles. The van der Waals surface area contributed by atoms with E-state index in [2.05, 4.69) is 44.8 Å². The zero-order chi connectivity index (χ0) is 16.6. The molecular weight excluding hydrogens is 278 g/mol. The number of rotatable bonds is 10. The highest BCUT2D eigenvalue weighted by atomic mass is 16.5. The van der Waals surface area contributed by atoms with Crippen molar-refractivity contribution >= 4 is 0 Å². The minimum atomic E-state index is -0.135. The van der Waals surface area contributed by atoms with E-state index >= 15 is 0 Å². The van der Waals surface area contributed by atoms with E-state index in [1.807, 2.05) is 6.07 Å². The fraction of sp³-hybridized carbons (Fsp3) is 0.824. The SMILES string of the molecule is CC(C)(C)OCCC(C)(C)OCCCCc1cc(CN)[nH]n1. The lowest BCUT2D eigenvalue weighted by atomic mass is 10.1. The zero-order valence-electron chi connectivity index (χ0n) is 14.9. The van der Waals surface area contributed by atoms with Gasteiger partial charge in [-0.15, -0.1) is 0 Å². The second kappa shape index (κ2) is 8.65. The predicted octanol–water partition coefficient (Wildman–Crippen LogP) is 3.19. The van der Waals surface area contributed by atoms with Crippen LogP contribution in [0.5, 0.6) is 0 Å². The fourth-order valence-electron chi connectivity index (χ4n) is 2.07. The average Bonchev–Trinajstić information content (AvgIpc) is 2.84. The molecule has 5 heteroatoms. The van der Waals surface area contributed by atoms with Crippen LogP contribution in [0.25, 0.3) is 0 Å². The molecule has 5 nitrogen and oxygen atoms in total. The highest BCUT2D eigenvalue weighted by Gasteiger charge is 2.19. The average molecular weight is 311 g/mol. The van der Waals surface area contributed by atoms with Crippen LogP contribution in [0.1, 0.15) is 65.3 Å². The molecule has 1 heterocycles. The lowest BCUT2D eigenvalue weighted by Gasteiger charge is -2.27. The van der Waals surface area contributed by atoms with Crippen molar-refractivity contribution in [3.63, 3.8) is 0 Å². The van der Waals surface area contributed by atoms with Gasteiger partial charge in [-0.05, 0) is 66.4 Å². The summed E-state index contributed by atoms with van der Waals surface area (Å²) in [7, 11) is 0. The van der Waals surface area contributed by atoms with E-state index in [0.717, 1.165) is 50.3 Å². The number of nitrogens with zero attached hydrogens (tertiary/aromatic N) is 1. The van der Waals surface area contributed by atoms with Crippen molar-refractivity contribution < 1.29 is 9.47 Å². The summed E-state index contributed by atoms with van der Waals surface area (Å²) >= 11 is 0. The largest absolute Gasteiger partial charge is 0.376 e. The molecule has 0 radical (unpaired) electrons. The number of ether oxygens (including phenoxy) is 2. The van der Waals surface area contributed by atoms with Crippen LogP contribution in [0, 0.1) is 0 Å². The Hall–Kier alpha value is -0.910. The molecule has 0 unspecified atom stereocenters.